The van der Waals surface area contributed by atoms with Gasteiger partial charge in [-0.3, -0.25) is 9.59 Å². The molecule has 3 aliphatic carbocycles. The fourth-order valence-corrected chi connectivity index (χ4v) is 8.43. The van der Waals surface area contributed by atoms with Crippen LogP contribution in [0.2, 0.25) is 0 Å². The third-order valence-electron chi connectivity index (χ3n) is 10.7. The van der Waals surface area contributed by atoms with Crippen molar-refractivity contribution in [2.24, 2.45) is 11.3 Å². The van der Waals surface area contributed by atoms with Crippen molar-refractivity contribution in [3.63, 3.8) is 0 Å². The Kier molecular flexibility index (Phi) is 26.9. The minimum Gasteiger partial charge on any atom is -0.466 e. The lowest BCUT2D eigenvalue weighted by Gasteiger charge is -2.61. The Hall–Kier alpha value is -1.41. The molecule has 0 saturated heterocycles. The number of hydrogen-bond acceptors (Lipinski definition) is 8. The van der Waals surface area contributed by atoms with E-state index in [1.165, 1.54) is 121 Å². The predicted molar refractivity (Wildman–Crippen MR) is 213 cm³/mol. The second-order valence-corrected chi connectivity index (χ2v) is 16.4. The Balaban J connectivity index is 0.00000425. The minimum atomic E-state index is -0.0532. The summed E-state index contributed by atoms with van der Waals surface area (Å²) in [6, 6.07) is 0. The molecule has 0 radical (unpaired) electrons. The third-order valence-corrected chi connectivity index (χ3v) is 11.7. The summed E-state index contributed by atoms with van der Waals surface area (Å²) < 4.78 is 11.1. The largest absolute Gasteiger partial charge is 0.466 e. The highest BCUT2D eigenvalue weighted by atomic mass is 32.2. The van der Waals surface area contributed by atoms with Crippen LogP contribution in [0.15, 0.2) is 12.4 Å². The number of carbonyl (C=O) groups excluding carboxylic acids is 2. The van der Waals surface area contributed by atoms with Crippen molar-refractivity contribution in [2.45, 2.75) is 175 Å². The number of nitrogens with zero attached hydrogens (tertiary/aromatic N) is 2. The fraction of sp³-hybridized carbons (Fsp3) is 0.905. The third kappa shape index (κ3) is 21.8. The smallest absolute Gasteiger partial charge is 0.307 e. The summed E-state index contributed by atoms with van der Waals surface area (Å²) in [5.41, 5.74) is 0.350. The van der Waals surface area contributed by atoms with Crippen LogP contribution in [0, 0.1) is 11.3 Å². The van der Waals surface area contributed by atoms with E-state index in [2.05, 4.69) is 28.2 Å². The summed E-state index contributed by atoms with van der Waals surface area (Å²) in [5.74, 6) is 2.98. The van der Waals surface area contributed by atoms with E-state index in [9.17, 15) is 9.59 Å². The number of hydrogen-bond donors (Lipinski definition) is 1. The number of ether oxygens (including phenoxy) is 2. The molecule has 2 bridgehead atoms. The number of carbonyl (C=O) groups is 2. The molecule has 8 heteroatoms. The molecule has 0 unspecified atom stereocenters. The molecular formula is C42H79N3O4S. The molecule has 1 N–H and O–H groups in total. The molecule has 0 aromatic heterocycles. The SMILES string of the molecule is CC.CCCCCCCCCCCCCCSCCOC(=O)CCN(CCCCCCCCOC(=O)CC12CC(C1)C2)CCCN1C=CNC1. The van der Waals surface area contributed by atoms with Gasteiger partial charge in [-0.1, -0.05) is 117 Å². The van der Waals surface area contributed by atoms with Crippen LogP contribution in [-0.4, -0.2) is 79.3 Å². The molecule has 1 heterocycles. The average Bonchev–Trinajstić information content (AvgIpc) is 3.61. The molecule has 1 aliphatic heterocycles. The van der Waals surface area contributed by atoms with E-state index in [0.29, 0.717) is 31.5 Å². The second-order valence-electron chi connectivity index (χ2n) is 15.2. The Morgan fingerprint density at radius 3 is 1.90 bits per heavy atom. The molecule has 292 valence electrons. The molecule has 0 amide bonds. The molecule has 0 aromatic carbocycles. The topological polar surface area (TPSA) is 71.1 Å². The van der Waals surface area contributed by atoms with Gasteiger partial charge in [0.25, 0.3) is 0 Å². The van der Waals surface area contributed by atoms with E-state index in [-0.39, 0.29) is 11.9 Å². The summed E-state index contributed by atoms with van der Waals surface area (Å²) in [5, 5.41) is 3.24. The van der Waals surface area contributed by atoms with E-state index in [0.717, 1.165) is 70.2 Å². The number of thioether (sulfide) groups is 1. The number of rotatable bonds is 34. The van der Waals surface area contributed by atoms with Crippen LogP contribution >= 0.6 is 11.8 Å². The standard InChI is InChI=1S/C40H73N3O4S.C2H6/c1-2-3-4-5-6-7-8-9-10-13-16-19-30-48-31-29-47-38(44)21-26-42(24-20-25-43-27-22-41-36-43)23-17-14-11-12-15-18-28-46-39(45)35-40-32-37(33-40)34-40;1-2/h22,27,37,41H,2-21,23-26,28-36H2,1H3;1-2H3. The fourth-order valence-electron chi connectivity index (χ4n) is 7.61. The van der Waals surface area contributed by atoms with Gasteiger partial charge < -0.3 is 24.6 Å². The molecule has 3 saturated carbocycles. The van der Waals surface area contributed by atoms with E-state index in [1.807, 2.05) is 31.8 Å². The van der Waals surface area contributed by atoms with E-state index >= 15 is 0 Å². The lowest BCUT2D eigenvalue weighted by atomic mass is 9.43. The van der Waals surface area contributed by atoms with Gasteiger partial charge in [0, 0.05) is 31.2 Å². The molecule has 4 rings (SSSR count). The van der Waals surface area contributed by atoms with Crippen molar-refractivity contribution in [1.82, 2.24) is 15.1 Å². The van der Waals surface area contributed by atoms with Crippen molar-refractivity contribution in [2.75, 3.05) is 57.6 Å². The maximum absolute atomic E-state index is 12.5. The average molecular weight is 722 g/mol. The predicted octanol–water partition coefficient (Wildman–Crippen LogP) is 10.5. The number of nitrogens with one attached hydrogen (secondary N) is 1. The summed E-state index contributed by atoms with van der Waals surface area (Å²) in [6.07, 6.45) is 33.7. The first-order chi connectivity index (χ1) is 24.6. The molecule has 3 fully saturated rings. The Labute approximate surface area is 313 Å². The summed E-state index contributed by atoms with van der Waals surface area (Å²) >= 11 is 1.93. The minimum absolute atomic E-state index is 0.0260. The summed E-state index contributed by atoms with van der Waals surface area (Å²) in [7, 11) is 0. The normalized spacial score (nSPS) is 18.6. The molecule has 0 spiro atoms. The highest BCUT2D eigenvalue weighted by Gasteiger charge is 2.57. The monoisotopic (exact) mass is 722 g/mol. The van der Waals surface area contributed by atoms with E-state index in [1.54, 1.807) is 0 Å². The first-order valence-electron chi connectivity index (χ1n) is 21.3. The van der Waals surface area contributed by atoms with Crippen LogP contribution in [0.5, 0.6) is 0 Å². The lowest BCUT2D eigenvalue weighted by Crippen LogP contribution is -2.52. The van der Waals surface area contributed by atoms with Gasteiger partial charge in [-0.25, -0.2) is 0 Å². The van der Waals surface area contributed by atoms with Gasteiger partial charge in [-0.2, -0.15) is 11.8 Å². The van der Waals surface area contributed by atoms with Crippen LogP contribution in [0.1, 0.15) is 175 Å². The Morgan fingerprint density at radius 1 is 0.720 bits per heavy atom. The van der Waals surface area contributed by atoms with Crippen molar-refractivity contribution in [1.29, 1.82) is 0 Å². The van der Waals surface area contributed by atoms with Crippen molar-refractivity contribution in [3.05, 3.63) is 12.4 Å². The van der Waals surface area contributed by atoms with Crippen molar-refractivity contribution in [3.8, 4) is 0 Å². The van der Waals surface area contributed by atoms with Crippen LogP contribution in [0.3, 0.4) is 0 Å². The molecule has 4 aliphatic rings. The second kappa shape index (κ2) is 30.1. The summed E-state index contributed by atoms with van der Waals surface area (Å²) in [6.45, 7) is 12.2. The first-order valence-corrected chi connectivity index (χ1v) is 22.5. The first kappa shape index (κ1) is 44.7. The molecule has 0 atom stereocenters. The maximum Gasteiger partial charge on any atom is 0.307 e. The van der Waals surface area contributed by atoms with Gasteiger partial charge in [-0.15, -0.1) is 0 Å². The van der Waals surface area contributed by atoms with E-state index < -0.39 is 0 Å². The number of unbranched alkanes of at least 4 members (excludes halogenated alkanes) is 16. The van der Waals surface area contributed by atoms with Gasteiger partial charge >= 0.3 is 11.9 Å². The lowest BCUT2D eigenvalue weighted by molar-refractivity contribution is -0.164. The van der Waals surface area contributed by atoms with Crippen molar-refractivity contribution < 1.29 is 19.1 Å². The van der Waals surface area contributed by atoms with Crippen LogP contribution in [0.25, 0.3) is 0 Å². The van der Waals surface area contributed by atoms with Crippen LogP contribution in [-0.2, 0) is 19.1 Å². The van der Waals surface area contributed by atoms with Gasteiger partial charge in [0.05, 0.1) is 26.1 Å². The Bertz CT molecular complexity index is 855. The highest BCUT2D eigenvalue weighted by Crippen LogP contribution is 2.66. The number of esters is 2. The molecule has 50 heavy (non-hydrogen) atoms. The quantitative estimate of drug-likeness (QED) is 0.0520. The van der Waals surface area contributed by atoms with E-state index in [4.69, 9.17) is 9.47 Å². The van der Waals surface area contributed by atoms with Gasteiger partial charge in [0.1, 0.15) is 6.61 Å². The molecular weight excluding hydrogens is 643 g/mol. The zero-order valence-corrected chi connectivity index (χ0v) is 33.8. The van der Waals surface area contributed by atoms with Crippen molar-refractivity contribution >= 4 is 23.7 Å². The zero-order valence-electron chi connectivity index (χ0n) is 33.0. The highest BCUT2D eigenvalue weighted by molar-refractivity contribution is 7.99. The van der Waals surface area contributed by atoms with Gasteiger partial charge in [0.15, 0.2) is 0 Å². The Morgan fingerprint density at radius 2 is 1.30 bits per heavy atom. The zero-order chi connectivity index (χ0) is 36.0. The van der Waals surface area contributed by atoms with Gasteiger partial charge in [-0.05, 0) is 75.1 Å². The maximum atomic E-state index is 12.5. The molecule has 7 nitrogen and oxygen atoms in total. The summed E-state index contributed by atoms with van der Waals surface area (Å²) in [4.78, 5) is 29.3. The van der Waals surface area contributed by atoms with Crippen LogP contribution in [0.4, 0.5) is 0 Å². The van der Waals surface area contributed by atoms with Crippen LogP contribution < -0.4 is 5.32 Å². The van der Waals surface area contributed by atoms with Gasteiger partial charge in [0.2, 0.25) is 0 Å². The molecule has 0 aromatic rings.